The molecule has 18 heavy (non-hydrogen) atoms. The number of carbonyl (C=O) groups excluding carboxylic acids is 1. The molecule has 2 rings (SSSR count). The molecule has 1 amide bonds. The van der Waals surface area contributed by atoms with Gasteiger partial charge in [0.2, 0.25) is 0 Å². The molecule has 1 saturated heterocycles. The highest BCUT2D eigenvalue weighted by molar-refractivity contribution is 7.80. The van der Waals surface area contributed by atoms with Crippen molar-refractivity contribution in [3.05, 3.63) is 41.2 Å². The largest absolute Gasteiger partial charge is 0.382 e. The van der Waals surface area contributed by atoms with Crippen molar-refractivity contribution < 1.29 is 4.79 Å². The topological polar surface area (TPSA) is 35.6 Å². The molecule has 0 aliphatic carbocycles. The van der Waals surface area contributed by atoms with Gasteiger partial charge in [0.15, 0.2) is 5.11 Å². The van der Waals surface area contributed by atoms with Crippen molar-refractivity contribution in [1.29, 1.82) is 0 Å². The van der Waals surface area contributed by atoms with E-state index < -0.39 is 0 Å². The first-order chi connectivity index (χ1) is 8.49. The van der Waals surface area contributed by atoms with Crippen LogP contribution in [0.15, 0.2) is 36.2 Å². The predicted octanol–water partition coefficient (Wildman–Crippen LogP) is 1.96. The molecule has 1 fully saturated rings. The van der Waals surface area contributed by atoms with Crippen molar-refractivity contribution >= 4 is 40.5 Å². The van der Waals surface area contributed by atoms with Crippen molar-refractivity contribution in [1.82, 2.24) is 10.2 Å². The molecule has 0 atom stereocenters. The van der Waals surface area contributed by atoms with Crippen LogP contribution in [-0.2, 0) is 4.79 Å². The lowest BCUT2D eigenvalue weighted by molar-refractivity contribution is -0.113. The Morgan fingerprint density at radius 3 is 2.50 bits per heavy atom. The highest BCUT2D eigenvalue weighted by atomic mass is 35.5. The van der Waals surface area contributed by atoms with E-state index in [1.807, 2.05) is 14.1 Å². The van der Waals surface area contributed by atoms with E-state index in [0.29, 0.717) is 21.5 Å². The summed E-state index contributed by atoms with van der Waals surface area (Å²) in [6, 6.07) is 6.96. The number of halogens is 1. The first kappa shape index (κ1) is 12.9. The third kappa shape index (κ3) is 2.47. The second-order valence-electron chi connectivity index (χ2n) is 4.05. The Morgan fingerprint density at radius 1 is 1.33 bits per heavy atom. The molecule has 1 aliphatic heterocycles. The van der Waals surface area contributed by atoms with Gasteiger partial charge in [-0.15, -0.1) is 0 Å². The maximum absolute atomic E-state index is 12.2. The summed E-state index contributed by atoms with van der Waals surface area (Å²) in [5.41, 5.74) is 1.16. The normalized spacial score (nSPS) is 17.3. The van der Waals surface area contributed by atoms with Crippen molar-refractivity contribution in [3.63, 3.8) is 0 Å². The standard InChI is InChI=1S/C12H12ClN3OS/c1-15(2)7-10-11(17)16(12(18)14-10)9-5-3-8(13)4-6-9/h3-7H,1-2H3,(H,14,18). The average Bonchev–Trinajstić information content (AvgIpc) is 2.55. The minimum Gasteiger partial charge on any atom is -0.382 e. The van der Waals surface area contributed by atoms with E-state index in [9.17, 15) is 4.79 Å². The number of benzene rings is 1. The van der Waals surface area contributed by atoms with E-state index in [-0.39, 0.29) is 5.91 Å². The number of anilines is 1. The van der Waals surface area contributed by atoms with Crippen LogP contribution in [0.2, 0.25) is 5.02 Å². The zero-order chi connectivity index (χ0) is 13.3. The Hall–Kier alpha value is -1.59. The van der Waals surface area contributed by atoms with E-state index in [1.165, 1.54) is 4.90 Å². The summed E-state index contributed by atoms with van der Waals surface area (Å²) in [6.07, 6.45) is 1.70. The van der Waals surface area contributed by atoms with Crippen LogP contribution < -0.4 is 10.2 Å². The minimum absolute atomic E-state index is 0.170. The fourth-order valence-electron chi connectivity index (χ4n) is 1.61. The molecule has 1 aliphatic rings. The van der Waals surface area contributed by atoms with Crippen LogP contribution >= 0.6 is 23.8 Å². The summed E-state index contributed by atoms with van der Waals surface area (Å²) in [5.74, 6) is -0.170. The lowest BCUT2D eigenvalue weighted by atomic mass is 10.3. The molecule has 0 aromatic heterocycles. The smallest absolute Gasteiger partial charge is 0.282 e. The highest BCUT2D eigenvalue weighted by Crippen LogP contribution is 2.23. The minimum atomic E-state index is -0.170. The van der Waals surface area contributed by atoms with Crippen LogP contribution in [0.25, 0.3) is 0 Å². The van der Waals surface area contributed by atoms with Gasteiger partial charge in [-0.3, -0.25) is 9.69 Å². The lowest BCUT2D eigenvalue weighted by Gasteiger charge is -2.13. The highest BCUT2D eigenvalue weighted by Gasteiger charge is 2.31. The first-order valence-electron chi connectivity index (χ1n) is 5.28. The molecule has 0 bridgehead atoms. The number of nitrogens with zero attached hydrogens (tertiary/aromatic N) is 2. The molecule has 1 aromatic carbocycles. The fraction of sp³-hybridized carbons (Fsp3) is 0.167. The SMILES string of the molecule is CN(C)C=C1NC(=S)N(c2ccc(Cl)cc2)C1=O. The van der Waals surface area contributed by atoms with Gasteiger partial charge in [0, 0.05) is 25.3 Å². The van der Waals surface area contributed by atoms with Crippen LogP contribution in [0.5, 0.6) is 0 Å². The molecule has 1 aromatic rings. The van der Waals surface area contributed by atoms with Crippen LogP contribution in [0.1, 0.15) is 0 Å². The van der Waals surface area contributed by atoms with Crippen LogP contribution in [0, 0.1) is 0 Å². The monoisotopic (exact) mass is 281 g/mol. The second-order valence-corrected chi connectivity index (χ2v) is 4.88. The molecular weight excluding hydrogens is 270 g/mol. The molecular formula is C12H12ClN3OS. The summed E-state index contributed by atoms with van der Waals surface area (Å²) in [7, 11) is 3.69. The van der Waals surface area contributed by atoms with Gasteiger partial charge in [-0.05, 0) is 36.5 Å². The van der Waals surface area contributed by atoms with Crippen LogP contribution in [0.4, 0.5) is 5.69 Å². The van der Waals surface area contributed by atoms with E-state index in [1.54, 1.807) is 35.4 Å². The number of nitrogens with one attached hydrogen (secondary N) is 1. The van der Waals surface area contributed by atoms with Gasteiger partial charge in [-0.2, -0.15) is 0 Å². The number of carbonyl (C=O) groups is 1. The third-order valence-electron chi connectivity index (χ3n) is 2.35. The average molecular weight is 282 g/mol. The zero-order valence-corrected chi connectivity index (χ0v) is 11.5. The summed E-state index contributed by atoms with van der Waals surface area (Å²) in [4.78, 5) is 15.4. The summed E-state index contributed by atoms with van der Waals surface area (Å²) < 4.78 is 0. The van der Waals surface area contributed by atoms with Gasteiger partial charge in [0.25, 0.3) is 5.91 Å². The third-order valence-corrected chi connectivity index (χ3v) is 2.89. The molecule has 1 heterocycles. The number of amides is 1. The van der Waals surface area contributed by atoms with Gasteiger partial charge in [0.1, 0.15) is 5.70 Å². The Kier molecular flexibility index (Phi) is 3.54. The molecule has 0 radical (unpaired) electrons. The Balaban J connectivity index is 2.32. The lowest BCUT2D eigenvalue weighted by Crippen LogP contribution is -2.30. The number of hydrogen-bond acceptors (Lipinski definition) is 3. The molecule has 0 saturated carbocycles. The van der Waals surface area contributed by atoms with Crippen molar-refractivity contribution in [3.8, 4) is 0 Å². The quantitative estimate of drug-likeness (QED) is 0.664. The fourth-order valence-corrected chi connectivity index (χ4v) is 2.03. The van der Waals surface area contributed by atoms with Gasteiger partial charge in [-0.1, -0.05) is 11.6 Å². The molecule has 0 unspecified atom stereocenters. The van der Waals surface area contributed by atoms with Gasteiger partial charge in [-0.25, -0.2) is 0 Å². The Morgan fingerprint density at radius 2 is 1.94 bits per heavy atom. The molecule has 4 nitrogen and oxygen atoms in total. The van der Waals surface area contributed by atoms with E-state index >= 15 is 0 Å². The molecule has 6 heteroatoms. The maximum Gasteiger partial charge on any atom is 0.282 e. The van der Waals surface area contributed by atoms with Gasteiger partial charge < -0.3 is 10.2 Å². The van der Waals surface area contributed by atoms with Gasteiger partial charge >= 0.3 is 0 Å². The van der Waals surface area contributed by atoms with Crippen molar-refractivity contribution in [2.24, 2.45) is 0 Å². The molecule has 1 N–H and O–H groups in total. The number of rotatable bonds is 2. The first-order valence-corrected chi connectivity index (χ1v) is 6.07. The van der Waals surface area contributed by atoms with E-state index in [4.69, 9.17) is 23.8 Å². The van der Waals surface area contributed by atoms with E-state index in [0.717, 1.165) is 0 Å². The van der Waals surface area contributed by atoms with Crippen LogP contribution in [-0.4, -0.2) is 30.0 Å². The summed E-state index contributed by atoms with van der Waals surface area (Å²) in [6.45, 7) is 0. The summed E-state index contributed by atoms with van der Waals surface area (Å²) >= 11 is 11.0. The van der Waals surface area contributed by atoms with Crippen molar-refractivity contribution in [2.75, 3.05) is 19.0 Å². The van der Waals surface area contributed by atoms with Gasteiger partial charge in [0.05, 0.1) is 5.69 Å². The zero-order valence-electron chi connectivity index (χ0n) is 9.98. The van der Waals surface area contributed by atoms with Crippen molar-refractivity contribution in [2.45, 2.75) is 0 Å². The second kappa shape index (κ2) is 4.96. The maximum atomic E-state index is 12.2. The summed E-state index contributed by atoms with van der Waals surface area (Å²) in [5, 5.41) is 3.88. The Labute approximate surface area is 116 Å². The molecule has 0 spiro atoms. The molecule has 94 valence electrons. The van der Waals surface area contributed by atoms with E-state index in [2.05, 4.69) is 5.32 Å². The Bertz CT molecular complexity index is 525. The number of hydrogen-bond donors (Lipinski definition) is 1. The van der Waals surface area contributed by atoms with Crippen LogP contribution in [0.3, 0.4) is 0 Å². The predicted molar refractivity (Wildman–Crippen MR) is 76.4 cm³/mol. The number of thiocarbonyl (C=S) groups is 1.